The van der Waals surface area contributed by atoms with Gasteiger partial charge in [-0.05, 0) is 18.4 Å². The molecule has 0 unspecified atom stereocenters. The number of allylic oxidation sites excluding steroid dienone is 1. The smallest absolute Gasteiger partial charge is 0.00134 e. The van der Waals surface area contributed by atoms with Gasteiger partial charge < -0.3 is 0 Å². The maximum absolute atomic E-state index is 3.98. The van der Waals surface area contributed by atoms with Crippen molar-refractivity contribution in [3.8, 4) is 0 Å². The van der Waals surface area contributed by atoms with Crippen molar-refractivity contribution in [2.24, 2.45) is 0 Å². The predicted octanol–water partition coefficient (Wildman–Crippen LogP) is 7.30. The van der Waals surface area contributed by atoms with Crippen molar-refractivity contribution in [3.63, 3.8) is 0 Å². The molecule has 0 spiro atoms. The van der Waals surface area contributed by atoms with Crippen LogP contribution in [0.3, 0.4) is 0 Å². The molecule has 0 aliphatic heterocycles. The summed E-state index contributed by atoms with van der Waals surface area (Å²) >= 11 is 0. The number of rotatable bonds is 14. The molecular weight excluding hydrogens is 264 g/mol. The molecule has 0 fully saturated rings. The lowest BCUT2D eigenvalue weighted by Crippen LogP contribution is -1.98. The molecule has 0 heteroatoms. The summed E-state index contributed by atoms with van der Waals surface area (Å²) in [6, 6.07) is 10.7. The van der Waals surface area contributed by atoms with Crippen LogP contribution >= 0.6 is 0 Å². The Labute approximate surface area is 139 Å². The lowest BCUT2D eigenvalue weighted by atomic mass is 9.93. The van der Waals surface area contributed by atoms with E-state index in [0.29, 0.717) is 0 Å². The standard InChI is InChI=1S/C22H35/c1-3-5-6-7-8-9-10-11-12-14-17-21(4-2)20-22-18-15-13-16-19-22/h4,13,15-16,18-19H,2-3,5-12,14,17,20H2,1H3. The quantitative estimate of drug-likeness (QED) is 0.316. The summed E-state index contributed by atoms with van der Waals surface area (Å²) in [6.45, 7) is 6.27. The second-order valence-electron chi connectivity index (χ2n) is 6.46. The molecule has 0 heterocycles. The first-order valence-electron chi connectivity index (χ1n) is 9.38. The third kappa shape index (κ3) is 9.82. The summed E-state index contributed by atoms with van der Waals surface area (Å²) in [5.74, 6) is 1.49. The van der Waals surface area contributed by atoms with Gasteiger partial charge in [0.25, 0.3) is 0 Å². The van der Waals surface area contributed by atoms with Gasteiger partial charge in [-0.3, -0.25) is 0 Å². The van der Waals surface area contributed by atoms with Crippen LogP contribution in [0.25, 0.3) is 0 Å². The molecule has 0 saturated heterocycles. The predicted molar refractivity (Wildman–Crippen MR) is 100 cm³/mol. The fourth-order valence-electron chi connectivity index (χ4n) is 2.96. The average molecular weight is 300 g/mol. The van der Waals surface area contributed by atoms with Crippen molar-refractivity contribution in [2.45, 2.75) is 84.0 Å². The van der Waals surface area contributed by atoms with Gasteiger partial charge in [0.05, 0.1) is 0 Å². The highest BCUT2D eigenvalue weighted by atomic mass is 14.1. The summed E-state index contributed by atoms with van der Waals surface area (Å²) in [6.07, 6.45) is 18.4. The summed E-state index contributed by atoms with van der Waals surface area (Å²) in [7, 11) is 0. The van der Waals surface area contributed by atoms with E-state index >= 15 is 0 Å². The van der Waals surface area contributed by atoms with Crippen LogP contribution in [0.1, 0.15) is 83.1 Å². The van der Waals surface area contributed by atoms with Crippen LogP contribution in [0, 0.1) is 5.92 Å². The minimum atomic E-state index is 1.07. The summed E-state index contributed by atoms with van der Waals surface area (Å²) < 4.78 is 0. The van der Waals surface area contributed by atoms with Crippen LogP contribution in [0.2, 0.25) is 0 Å². The average Bonchev–Trinajstić information content (AvgIpc) is 2.56. The van der Waals surface area contributed by atoms with E-state index in [0.717, 1.165) is 6.42 Å². The highest BCUT2D eigenvalue weighted by Gasteiger charge is 2.05. The van der Waals surface area contributed by atoms with Crippen molar-refractivity contribution in [3.05, 3.63) is 54.5 Å². The molecule has 1 rings (SSSR count). The van der Waals surface area contributed by atoms with Crippen molar-refractivity contribution in [2.75, 3.05) is 0 Å². The Hall–Kier alpha value is -1.04. The molecule has 1 aromatic carbocycles. The Morgan fingerprint density at radius 1 is 0.818 bits per heavy atom. The lowest BCUT2D eigenvalue weighted by molar-refractivity contribution is 0.552. The Kier molecular flexibility index (Phi) is 11.8. The third-order valence-electron chi connectivity index (χ3n) is 4.41. The van der Waals surface area contributed by atoms with E-state index in [1.54, 1.807) is 0 Å². The fourth-order valence-corrected chi connectivity index (χ4v) is 2.96. The number of hydrogen-bond acceptors (Lipinski definition) is 0. The topological polar surface area (TPSA) is 0 Å². The summed E-state index contributed by atoms with van der Waals surface area (Å²) in [4.78, 5) is 0. The highest BCUT2D eigenvalue weighted by Crippen LogP contribution is 2.19. The van der Waals surface area contributed by atoms with E-state index in [9.17, 15) is 0 Å². The van der Waals surface area contributed by atoms with E-state index in [1.165, 1.54) is 82.1 Å². The van der Waals surface area contributed by atoms with E-state index in [-0.39, 0.29) is 0 Å². The summed E-state index contributed by atoms with van der Waals surface area (Å²) in [5.41, 5.74) is 1.41. The van der Waals surface area contributed by atoms with Crippen LogP contribution in [0.4, 0.5) is 0 Å². The lowest BCUT2D eigenvalue weighted by Gasteiger charge is -2.11. The molecule has 0 aromatic heterocycles. The van der Waals surface area contributed by atoms with E-state index < -0.39 is 0 Å². The normalized spacial score (nSPS) is 11.0. The summed E-state index contributed by atoms with van der Waals surface area (Å²) in [5, 5.41) is 0. The Bertz CT molecular complexity index is 352. The van der Waals surface area contributed by atoms with E-state index in [1.807, 2.05) is 0 Å². The Morgan fingerprint density at radius 2 is 1.36 bits per heavy atom. The Morgan fingerprint density at radius 3 is 1.91 bits per heavy atom. The number of benzene rings is 1. The first-order valence-corrected chi connectivity index (χ1v) is 9.38. The van der Waals surface area contributed by atoms with Crippen LogP contribution < -0.4 is 0 Å². The minimum Gasteiger partial charge on any atom is -0.102 e. The molecule has 0 aliphatic carbocycles. The zero-order valence-corrected chi connectivity index (χ0v) is 14.7. The largest absolute Gasteiger partial charge is 0.102 e. The van der Waals surface area contributed by atoms with Crippen molar-refractivity contribution >= 4 is 0 Å². The van der Waals surface area contributed by atoms with Crippen LogP contribution in [0.5, 0.6) is 0 Å². The van der Waals surface area contributed by atoms with Gasteiger partial charge in [0, 0.05) is 5.92 Å². The molecule has 1 aromatic rings. The van der Waals surface area contributed by atoms with Gasteiger partial charge in [0.1, 0.15) is 0 Å². The van der Waals surface area contributed by atoms with Crippen molar-refractivity contribution in [1.29, 1.82) is 0 Å². The molecule has 0 nitrogen and oxygen atoms in total. The zero-order chi connectivity index (χ0) is 15.9. The van der Waals surface area contributed by atoms with Gasteiger partial charge in [-0.15, -0.1) is 6.58 Å². The first kappa shape index (κ1) is 19.0. The monoisotopic (exact) mass is 299 g/mol. The highest BCUT2D eigenvalue weighted by molar-refractivity contribution is 5.22. The molecule has 0 atom stereocenters. The van der Waals surface area contributed by atoms with Crippen LogP contribution in [-0.2, 0) is 6.42 Å². The van der Waals surface area contributed by atoms with E-state index in [4.69, 9.17) is 0 Å². The van der Waals surface area contributed by atoms with Gasteiger partial charge in [0.2, 0.25) is 0 Å². The zero-order valence-electron chi connectivity index (χ0n) is 14.7. The molecule has 1 radical (unpaired) electrons. The maximum atomic E-state index is 3.98. The second kappa shape index (κ2) is 13.6. The molecule has 0 N–H and O–H groups in total. The SMILES string of the molecule is C=C[C](CCCCCCCCCCCC)Cc1ccccc1. The maximum Gasteiger partial charge on any atom is 0.00134 e. The molecule has 123 valence electrons. The van der Waals surface area contributed by atoms with Crippen LogP contribution in [0.15, 0.2) is 43.0 Å². The van der Waals surface area contributed by atoms with Gasteiger partial charge in [-0.2, -0.15) is 0 Å². The van der Waals surface area contributed by atoms with Crippen molar-refractivity contribution < 1.29 is 0 Å². The molecule has 0 saturated carbocycles. The fraction of sp³-hybridized carbons (Fsp3) is 0.591. The molecule has 22 heavy (non-hydrogen) atoms. The first-order chi connectivity index (χ1) is 10.9. The van der Waals surface area contributed by atoms with Gasteiger partial charge in [0.15, 0.2) is 0 Å². The van der Waals surface area contributed by atoms with E-state index in [2.05, 4.69) is 49.9 Å². The molecule has 0 bridgehead atoms. The number of unbranched alkanes of at least 4 members (excludes halogenated alkanes) is 9. The molecule has 0 amide bonds. The number of hydrogen-bond donors (Lipinski definition) is 0. The minimum absolute atomic E-state index is 1.07. The molecular formula is C22H35. The van der Waals surface area contributed by atoms with Gasteiger partial charge in [-0.25, -0.2) is 0 Å². The van der Waals surface area contributed by atoms with Crippen molar-refractivity contribution in [1.82, 2.24) is 0 Å². The third-order valence-corrected chi connectivity index (χ3v) is 4.41. The van der Waals surface area contributed by atoms with Gasteiger partial charge >= 0.3 is 0 Å². The van der Waals surface area contributed by atoms with Gasteiger partial charge in [-0.1, -0.05) is 108 Å². The Balaban J connectivity index is 1.97. The second-order valence-corrected chi connectivity index (χ2v) is 6.46. The van der Waals surface area contributed by atoms with Crippen LogP contribution in [-0.4, -0.2) is 0 Å². The molecule has 0 aliphatic rings.